The third-order valence-corrected chi connectivity index (χ3v) is 5.81. The van der Waals surface area contributed by atoms with E-state index >= 15 is 0 Å². The predicted octanol–water partition coefficient (Wildman–Crippen LogP) is 2.82. The lowest BCUT2D eigenvalue weighted by Gasteiger charge is -2.35. The van der Waals surface area contributed by atoms with Crippen molar-refractivity contribution in [3.05, 3.63) is 35.9 Å². The normalized spacial score (nSPS) is 23.6. The lowest BCUT2D eigenvalue weighted by atomic mass is 9.94. The van der Waals surface area contributed by atoms with Gasteiger partial charge in [-0.15, -0.1) is 0 Å². The van der Waals surface area contributed by atoms with Crippen LogP contribution in [0.2, 0.25) is 0 Å². The molecule has 2 amide bonds. The molecule has 0 bridgehead atoms. The van der Waals surface area contributed by atoms with Crippen molar-refractivity contribution in [2.24, 2.45) is 0 Å². The zero-order valence-electron chi connectivity index (χ0n) is 15.2. The summed E-state index contributed by atoms with van der Waals surface area (Å²) in [5.41, 5.74) is 1.25. The van der Waals surface area contributed by atoms with Gasteiger partial charge >= 0.3 is 6.03 Å². The Morgan fingerprint density at radius 1 is 1.28 bits per heavy atom. The topological polar surface area (TPSA) is 64.6 Å². The number of rotatable bonds is 6. The van der Waals surface area contributed by atoms with Crippen LogP contribution >= 0.6 is 0 Å². The fraction of sp³-hybridized carbons (Fsp3) is 0.650. The van der Waals surface area contributed by atoms with Gasteiger partial charge < -0.3 is 20.6 Å². The highest BCUT2D eigenvalue weighted by molar-refractivity contribution is 5.75. The molecule has 1 aliphatic heterocycles. The molecule has 1 aliphatic carbocycles. The molecule has 2 atom stereocenters. The third kappa shape index (κ3) is 4.33. The van der Waals surface area contributed by atoms with Crippen molar-refractivity contribution >= 4 is 6.03 Å². The van der Waals surface area contributed by atoms with E-state index in [0.717, 1.165) is 32.2 Å². The largest absolute Gasteiger partial charge is 0.394 e. The van der Waals surface area contributed by atoms with Gasteiger partial charge in [-0.3, -0.25) is 0 Å². The molecular formula is C20H31N3O2. The number of urea groups is 1. The Kier molecular flexibility index (Phi) is 5.97. The van der Waals surface area contributed by atoms with Crippen LogP contribution in [0.4, 0.5) is 4.79 Å². The molecule has 1 heterocycles. The van der Waals surface area contributed by atoms with E-state index in [9.17, 15) is 9.90 Å². The smallest absolute Gasteiger partial charge is 0.317 e. The lowest BCUT2D eigenvalue weighted by Crippen LogP contribution is -2.55. The van der Waals surface area contributed by atoms with Crippen LogP contribution in [-0.2, 0) is 0 Å². The van der Waals surface area contributed by atoms with Gasteiger partial charge in [-0.05, 0) is 38.2 Å². The zero-order valence-corrected chi connectivity index (χ0v) is 15.2. The average Bonchev–Trinajstić information content (AvgIpc) is 3.30. The molecule has 2 aliphatic rings. The van der Waals surface area contributed by atoms with Gasteiger partial charge in [-0.1, -0.05) is 43.2 Å². The van der Waals surface area contributed by atoms with Gasteiger partial charge in [-0.2, -0.15) is 0 Å². The van der Waals surface area contributed by atoms with E-state index in [-0.39, 0.29) is 30.3 Å². The number of aliphatic hydroxyl groups is 1. The number of amides is 2. The minimum Gasteiger partial charge on any atom is -0.394 e. The maximum atomic E-state index is 12.5. The second kappa shape index (κ2) is 8.19. The van der Waals surface area contributed by atoms with Crippen LogP contribution in [0.25, 0.3) is 0 Å². The number of hydrogen-bond donors (Lipinski definition) is 3. The molecule has 1 saturated carbocycles. The van der Waals surface area contributed by atoms with E-state index in [0.29, 0.717) is 6.54 Å². The van der Waals surface area contributed by atoms with Crippen molar-refractivity contribution in [2.75, 3.05) is 19.7 Å². The van der Waals surface area contributed by atoms with Crippen LogP contribution in [-0.4, -0.2) is 47.3 Å². The molecule has 1 aromatic carbocycles. The first kappa shape index (κ1) is 18.2. The minimum absolute atomic E-state index is 0.0178. The van der Waals surface area contributed by atoms with E-state index in [1.165, 1.54) is 18.4 Å². The van der Waals surface area contributed by atoms with Crippen molar-refractivity contribution < 1.29 is 9.90 Å². The molecular weight excluding hydrogens is 314 g/mol. The summed E-state index contributed by atoms with van der Waals surface area (Å²) in [6.07, 6.45) is 6.47. The molecule has 3 N–H and O–H groups in total. The van der Waals surface area contributed by atoms with Crippen LogP contribution in [0, 0.1) is 0 Å². The monoisotopic (exact) mass is 345 g/mol. The highest BCUT2D eigenvalue weighted by atomic mass is 16.3. The first-order valence-corrected chi connectivity index (χ1v) is 9.61. The Morgan fingerprint density at radius 2 is 2.00 bits per heavy atom. The van der Waals surface area contributed by atoms with Crippen LogP contribution in [0.3, 0.4) is 0 Å². The lowest BCUT2D eigenvalue weighted by molar-refractivity contribution is 0.153. The van der Waals surface area contributed by atoms with E-state index < -0.39 is 0 Å². The molecule has 25 heavy (non-hydrogen) atoms. The summed E-state index contributed by atoms with van der Waals surface area (Å²) in [4.78, 5) is 14.3. The molecule has 0 radical (unpaired) electrons. The molecule has 5 heteroatoms. The summed E-state index contributed by atoms with van der Waals surface area (Å²) < 4.78 is 0. The standard InChI is InChI=1S/C20H31N3O2/c1-16(17-8-3-2-4-9-17)22-20(11-5-6-12-20)15-21-19(25)23-13-7-10-18(23)14-24/h2-4,8-9,16,18,22,24H,5-7,10-15H2,1H3,(H,21,25). The Bertz CT molecular complexity index is 557. The highest BCUT2D eigenvalue weighted by Crippen LogP contribution is 2.32. The third-order valence-electron chi connectivity index (χ3n) is 5.81. The Morgan fingerprint density at radius 3 is 2.68 bits per heavy atom. The first-order chi connectivity index (χ1) is 12.1. The SMILES string of the molecule is CC(NC1(CNC(=O)N2CCCC2CO)CCCC1)c1ccccc1. The molecule has 138 valence electrons. The van der Waals surface area contributed by atoms with Gasteiger partial charge in [0.05, 0.1) is 12.6 Å². The highest BCUT2D eigenvalue weighted by Gasteiger charge is 2.36. The number of carbonyl (C=O) groups excluding carboxylic acids is 1. The second-order valence-electron chi connectivity index (χ2n) is 7.59. The summed E-state index contributed by atoms with van der Waals surface area (Å²) >= 11 is 0. The number of nitrogens with one attached hydrogen (secondary N) is 2. The quantitative estimate of drug-likeness (QED) is 0.743. The van der Waals surface area contributed by atoms with E-state index in [1.54, 1.807) is 4.90 Å². The van der Waals surface area contributed by atoms with Crippen LogP contribution in [0.5, 0.6) is 0 Å². The number of nitrogens with zero attached hydrogens (tertiary/aromatic N) is 1. The molecule has 1 saturated heterocycles. The number of likely N-dealkylation sites (tertiary alicyclic amines) is 1. The van der Waals surface area contributed by atoms with Gasteiger partial charge in [0.25, 0.3) is 0 Å². The molecule has 3 rings (SSSR count). The van der Waals surface area contributed by atoms with Crippen LogP contribution in [0.15, 0.2) is 30.3 Å². The zero-order chi connectivity index (χ0) is 17.7. The Labute approximate surface area is 150 Å². The van der Waals surface area contributed by atoms with E-state index in [1.807, 2.05) is 6.07 Å². The van der Waals surface area contributed by atoms with Crippen molar-refractivity contribution in [3.8, 4) is 0 Å². The van der Waals surface area contributed by atoms with Gasteiger partial charge in [-0.25, -0.2) is 4.79 Å². The predicted molar refractivity (Wildman–Crippen MR) is 99.4 cm³/mol. The van der Waals surface area contributed by atoms with Gasteiger partial charge in [0.2, 0.25) is 0 Å². The van der Waals surface area contributed by atoms with E-state index in [2.05, 4.69) is 41.8 Å². The summed E-state index contributed by atoms with van der Waals surface area (Å²) in [6.45, 7) is 3.65. The summed E-state index contributed by atoms with van der Waals surface area (Å²) in [5.74, 6) is 0. The maximum Gasteiger partial charge on any atom is 0.317 e. The van der Waals surface area contributed by atoms with Crippen molar-refractivity contribution in [1.82, 2.24) is 15.5 Å². The molecule has 0 aromatic heterocycles. The molecule has 1 aromatic rings. The van der Waals surface area contributed by atoms with Crippen LogP contribution < -0.4 is 10.6 Å². The summed E-state index contributed by atoms with van der Waals surface area (Å²) in [5, 5.41) is 16.4. The number of aliphatic hydroxyl groups excluding tert-OH is 1. The van der Waals surface area contributed by atoms with Gasteiger partial charge in [0.1, 0.15) is 0 Å². The second-order valence-corrected chi connectivity index (χ2v) is 7.59. The Hall–Kier alpha value is -1.59. The minimum atomic E-state index is -0.0306. The van der Waals surface area contributed by atoms with Crippen molar-refractivity contribution in [1.29, 1.82) is 0 Å². The maximum absolute atomic E-state index is 12.5. The van der Waals surface area contributed by atoms with Gasteiger partial charge in [0.15, 0.2) is 0 Å². The Balaban J connectivity index is 1.60. The number of benzene rings is 1. The number of carbonyl (C=O) groups is 1. The van der Waals surface area contributed by atoms with Gasteiger partial charge in [0, 0.05) is 24.7 Å². The van der Waals surface area contributed by atoms with Crippen molar-refractivity contribution in [2.45, 2.75) is 63.1 Å². The molecule has 2 fully saturated rings. The van der Waals surface area contributed by atoms with E-state index in [4.69, 9.17) is 0 Å². The fourth-order valence-electron chi connectivity index (χ4n) is 4.35. The summed E-state index contributed by atoms with van der Waals surface area (Å²) in [7, 11) is 0. The first-order valence-electron chi connectivity index (χ1n) is 9.61. The average molecular weight is 345 g/mol. The van der Waals surface area contributed by atoms with Crippen molar-refractivity contribution in [3.63, 3.8) is 0 Å². The fourth-order valence-corrected chi connectivity index (χ4v) is 4.35. The molecule has 2 unspecified atom stereocenters. The molecule has 5 nitrogen and oxygen atoms in total. The summed E-state index contributed by atoms with van der Waals surface area (Å²) in [6, 6.07) is 10.7. The van der Waals surface area contributed by atoms with Crippen LogP contribution in [0.1, 0.15) is 57.1 Å². The molecule has 0 spiro atoms. The number of hydrogen-bond acceptors (Lipinski definition) is 3.